The molecule has 0 spiro atoms. The molecule has 1 aromatic rings. The molecule has 0 unspecified atom stereocenters. The van der Waals surface area contributed by atoms with E-state index >= 15 is 0 Å². The lowest BCUT2D eigenvalue weighted by Gasteiger charge is -2.02. The molecule has 0 aromatic carbocycles. The van der Waals surface area contributed by atoms with Crippen LogP contribution in [0.4, 0.5) is 0 Å². The van der Waals surface area contributed by atoms with Gasteiger partial charge in [-0.15, -0.1) is 0 Å². The van der Waals surface area contributed by atoms with Gasteiger partial charge in [0.1, 0.15) is 6.61 Å². The molecular weight excluding hydrogens is 197 g/mol. The molecule has 0 N–H and O–H groups in total. The van der Waals surface area contributed by atoms with E-state index in [0.29, 0.717) is 17.5 Å². The minimum atomic E-state index is 0.362. The second kappa shape index (κ2) is 5.01. The molecule has 0 atom stereocenters. The van der Waals surface area contributed by atoms with Crippen LogP contribution in [0.5, 0.6) is 5.75 Å². The lowest BCUT2D eigenvalue weighted by Crippen LogP contribution is -1.94. The maximum Gasteiger partial charge on any atom is 0.171 e. The van der Waals surface area contributed by atoms with Gasteiger partial charge in [0.05, 0.1) is 0 Å². The van der Waals surface area contributed by atoms with E-state index in [-0.39, 0.29) is 0 Å². The van der Waals surface area contributed by atoms with Crippen molar-refractivity contribution in [2.75, 3.05) is 6.61 Å². The largest absolute Gasteiger partial charge is 0.486 e. The number of hydrogen-bond acceptors (Lipinski definition) is 2. The standard InChI is InChI=1S/C8H7Cl2NO/c9-4-2-6-12-7-3-1-5-11-8(7)10/h1-5H,6H2/b4-2+. The van der Waals surface area contributed by atoms with Crippen LogP contribution in [0.25, 0.3) is 0 Å². The molecule has 1 heterocycles. The van der Waals surface area contributed by atoms with Crippen molar-refractivity contribution in [1.82, 2.24) is 4.98 Å². The molecule has 0 radical (unpaired) electrons. The zero-order valence-corrected chi connectivity index (χ0v) is 7.72. The van der Waals surface area contributed by atoms with Gasteiger partial charge in [0.15, 0.2) is 10.9 Å². The molecule has 4 heteroatoms. The first-order valence-electron chi connectivity index (χ1n) is 3.33. The Kier molecular flexibility index (Phi) is 3.91. The summed E-state index contributed by atoms with van der Waals surface area (Å²) in [4.78, 5) is 3.84. The van der Waals surface area contributed by atoms with Crippen LogP contribution in [0, 0.1) is 0 Å². The van der Waals surface area contributed by atoms with Crippen LogP contribution in [0.1, 0.15) is 0 Å². The van der Waals surface area contributed by atoms with Gasteiger partial charge in [0.2, 0.25) is 0 Å². The summed E-state index contributed by atoms with van der Waals surface area (Å²) < 4.78 is 5.21. The molecule has 1 rings (SSSR count). The van der Waals surface area contributed by atoms with E-state index in [1.807, 2.05) is 0 Å². The molecule has 0 saturated carbocycles. The lowest BCUT2D eigenvalue weighted by atomic mass is 10.5. The first kappa shape index (κ1) is 9.36. The first-order valence-corrected chi connectivity index (χ1v) is 4.14. The van der Waals surface area contributed by atoms with Crippen molar-refractivity contribution in [3.05, 3.63) is 35.1 Å². The molecular formula is C8H7Cl2NO. The van der Waals surface area contributed by atoms with Crippen molar-refractivity contribution >= 4 is 23.2 Å². The smallest absolute Gasteiger partial charge is 0.171 e. The summed E-state index contributed by atoms with van der Waals surface area (Å²) >= 11 is 11.0. The number of aromatic nitrogens is 1. The average molecular weight is 204 g/mol. The SMILES string of the molecule is Cl/C=C/COc1cccnc1Cl. The Balaban J connectivity index is 2.57. The molecule has 0 fully saturated rings. The normalized spacial score (nSPS) is 10.5. The Morgan fingerprint density at radius 2 is 2.42 bits per heavy atom. The predicted molar refractivity (Wildman–Crippen MR) is 49.7 cm³/mol. The Morgan fingerprint density at radius 1 is 1.58 bits per heavy atom. The van der Waals surface area contributed by atoms with Crippen LogP contribution in [-0.2, 0) is 0 Å². The van der Waals surface area contributed by atoms with Crippen molar-refractivity contribution in [3.8, 4) is 5.75 Å². The van der Waals surface area contributed by atoms with E-state index in [1.165, 1.54) is 5.54 Å². The molecule has 0 aliphatic rings. The van der Waals surface area contributed by atoms with Gasteiger partial charge in [0, 0.05) is 11.7 Å². The van der Waals surface area contributed by atoms with Crippen LogP contribution < -0.4 is 4.74 Å². The zero-order chi connectivity index (χ0) is 8.81. The van der Waals surface area contributed by atoms with Gasteiger partial charge in [-0.25, -0.2) is 4.98 Å². The van der Waals surface area contributed by atoms with Gasteiger partial charge in [0.25, 0.3) is 0 Å². The maximum atomic E-state index is 5.71. The van der Waals surface area contributed by atoms with Gasteiger partial charge in [-0.05, 0) is 18.2 Å². The van der Waals surface area contributed by atoms with E-state index in [4.69, 9.17) is 27.9 Å². The topological polar surface area (TPSA) is 22.1 Å². The fourth-order valence-corrected chi connectivity index (χ4v) is 0.900. The highest BCUT2D eigenvalue weighted by Gasteiger charge is 1.98. The van der Waals surface area contributed by atoms with Gasteiger partial charge in [-0.3, -0.25) is 0 Å². The number of hydrogen-bond donors (Lipinski definition) is 0. The van der Waals surface area contributed by atoms with E-state index in [2.05, 4.69) is 4.98 Å². The third-order valence-corrected chi connectivity index (χ3v) is 1.61. The molecule has 1 aromatic heterocycles. The predicted octanol–water partition coefficient (Wildman–Crippen LogP) is 2.87. The van der Waals surface area contributed by atoms with E-state index in [9.17, 15) is 0 Å². The summed E-state index contributed by atoms with van der Waals surface area (Å²) in [5.41, 5.74) is 1.39. The van der Waals surface area contributed by atoms with Crippen molar-refractivity contribution < 1.29 is 4.74 Å². The zero-order valence-electron chi connectivity index (χ0n) is 6.21. The van der Waals surface area contributed by atoms with Crippen molar-refractivity contribution in [2.45, 2.75) is 0 Å². The number of pyridine rings is 1. The van der Waals surface area contributed by atoms with E-state index < -0.39 is 0 Å². The van der Waals surface area contributed by atoms with Gasteiger partial charge in [-0.1, -0.05) is 23.2 Å². The molecule has 2 nitrogen and oxygen atoms in total. The summed E-state index contributed by atoms with van der Waals surface area (Å²) in [6.45, 7) is 0.398. The number of halogens is 2. The van der Waals surface area contributed by atoms with Crippen LogP contribution in [-0.4, -0.2) is 11.6 Å². The molecule has 0 bridgehead atoms. The monoisotopic (exact) mass is 203 g/mol. The quantitative estimate of drug-likeness (QED) is 0.706. The molecule has 0 amide bonds. The fraction of sp³-hybridized carbons (Fsp3) is 0.125. The maximum absolute atomic E-state index is 5.71. The van der Waals surface area contributed by atoms with Crippen LogP contribution >= 0.6 is 23.2 Å². The van der Waals surface area contributed by atoms with E-state index in [1.54, 1.807) is 24.4 Å². The lowest BCUT2D eigenvalue weighted by molar-refractivity contribution is 0.362. The summed E-state index contributed by atoms with van der Waals surface area (Å²) in [6.07, 6.45) is 3.28. The first-order chi connectivity index (χ1) is 5.84. The highest BCUT2D eigenvalue weighted by atomic mass is 35.5. The Hall–Kier alpha value is -0.730. The van der Waals surface area contributed by atoms with E-state index in [0.717, 1.165) is 0 Å². The van der Waals surface area contributed by atoms with Crippen LogP contribution in [0.2, 0.25) is 5.15 Å². The third kappa shape index (κ3) is 2.72. The highest BCUT2D eigenvalue weighted by molar-refractivity contribution is 6.30. The Labute approximate surface area is 80.8 Å². The Bertz CT molecular complexity index is 276. The molecule has 12 heavy (non-hydrogen) atoms. The molecule has 0 aliphatic heterocycles. The van der Waals surface area contributed by atoms with Crippen LogP contribution in [0.15, 0.2) is 29.9 Å². The van der Waals surface area contributed by atoms with Gasteiger partial charge < -0.3 is 4.74 Å². The van der Waals surface area contributed by atoms with Crippen LogP contribution in [0.3, 0.4) is 0 Å². The second-order valence-corrected chi connectivity index (χ2v) is 2.58. The minimum absolute atomic E-state index is 0.362. The minimum Gasteiger partial charge on any atom is -0.486 e. The van der Waals surface area contributed by atoms with Gasteiger partial charge >= 0.3 is 0 Å². The molecule has 64 valence electrons. The van der Waals surface area contributed by atoms with Crippen molar-refractivity contribution in [3.63, 3.8) is 0 Å². The summed E-state index contributed by atoms with van der Waals surface area (Å²) in [7, 11) is 0. The van der Waals surface area contributed by atoms with Crippen molar-refractivity contribution in [2.24, 2.45) is 0 Å². The second-order valence-electron chi connectivity index (χ2n) is 1.97. The molecule has 0 aliphatic carbocycles. The fourth-order valence-electron chi connectivity index (χ4n) is 0.653. The number of nitrogens with zero attached hydrogens (tertiary/aromatic N) is 1. The average Bonchev–Trinajstić information content (AvgIpc) is 2.09. The number of rotatable bonds is 3. The summed E-state index contributed by atoms with van der Waals surface area (Å²) in [6, 6.07) is 3.50. The van der Waals surface area contributed by atoms with Gasteiger partial charge in [-0.2, -0.15) is 0 Å². The summed E-state index contributed by atoms with van der Waals surface area (Å²) in [5.74, 6) is 0.564. The Morgan fingerprint density at radius 3 is 3.08 bits per heavy atom. The highest BCUT2D eigenvalue weighted by Crippen LogP contribution is 2.19. The third-order valence-electron chi connectivity index (χ3n) is 1.15. The molecule has 0 saturated heterocycles. The summed E-state index contributed by atoms with van der Waals surface area (Å²) in [5, 5.41) is 0.362. The van der Waals surface area contributed by atoms with Crippen molar-refractivity contribution in [1.29, 1.82) is 0 Å². The number of ether oxygens (including phenoxy) is 1.